The topological polar surface area (TPSA) is 73.8 Å². The molecule has 0 aliphatic carbocycles. The van der Waals surface area contributed by atoms with Gasteiger partial charge < -0.3 is 36.0 Å². The van der Waals surface area contributed by atoms with Gasteiger partial charge >= 0.3 is 17.6 Å². The number of rotatable bonds is 30. The molecule has 10 heteroatoms. The Morgan fingerprint density at radius 3 is 1.00 bits per heavy atom. The number of hydrogen-bond donors (Lipinski definition) is 0. The standard InChI is InChI=1S/C46H70O8Si2/c1-9-17-19-21-35-47-45-37-42(30-24-40-27-33-44(34-28-40)56(52-14-6,53-15-7)54-16-8)46(48-36-22-20-18-10-2)38-41(45)29-23-39-25-31-43(32-26-39)55(49-11-3,50-12-4)51-13-5/h23-34,37-38H,9-22,35-36H2,1-8H3. The van der Waals surface area contributed by atoms with E-state index < -0.39 is 17.6 Å². The minimum absolute atomic E-state index is 0.523. The predicted molar refractivity (Wildman–Crippen MR) is 237 cm³/mol. The highest BCUT2D eigenvalue weighted by Gasteiger charge is 2.44. The number of hydrogen-bond acceptors (Lipinski definition) is 8. The van der Waals surface area contributed by atoms with Crippen LogP contribution in [0.2, 0.25) is 0 Å². The summed E-state index contributed by atoms with van der Waals surface area (Å²) in [5.41, 5.74) is 4.05. The zero-order chi connectivity index (χ0) is 40.5. The van der Waals surface area contributed by atoms with Crippen molar-refractivity contribution in [3.63, 3.8) is 0 Å². The molecule has 56 heavy (non-hydrogen) atoms. The summed E-state index contributed by atoms with van der Waals surface area (Å²) in [6.45, 7) is 20.8. The van der Waals surface area contributed by atoms with Gasteiger partial charge in [0.2, 0.25) is 0 Å². The molecule has 8 nitrogen and oxygen atoms in total. The van der Waals surface area contributed by atoms with E-state index in [1.807, 2.05) is 41.5 Å². The first-order valence-electron chi connectivity index (χ1n) is 21.2. The predicted octanol–water partition coefficient (Wildman–Crippen LogP) is 10.5. The zero-order valence-corrected chi connectivity index (χ0v) is 37.7. The minimum atomic E-state index is -2.99. The van der Waals surface area contributed by atoms with E-state index in [1.165, 1.54) is 25.7 Å². The van der Waals surface area contributed by atoms with Gasteiger partial charge in [-0.3, -0.25) is 0 Å². The molecule has 0 spiro atoms. The lowest BCUT2D eigenvalue weighted by atomic mass is 10.0. The number of benzene rings is 3. The first-order valence-corrected chi connectivity index (χ1v) is 24.7. The maximum Gasteiger partial charge on any atom is 0.537 e. The van der Waals surface area contributed by atoms with Crippen LogP contribution in [0.15, 0.2) is 60.7 Å². The van der Waals surface area contributed by atoms with Gasteiger partial charge in [0.1, 0.15) is 11.5 Å². The first-order chi connectivity index (χ1) is 27.4. The first kappa shape index (κ1) is 47.3. The Labute approximate surface area is 341 Å². The van der Waals surface area contributed by atoms with E-state index in [2.05, 4.69) is 98.8 Å². The van der Waals surface area contributed by atoms with Gasteiger partial charge in [-0.15, -0.1) is 0 Å². The molecule has 3 rings (SSSR count). The van der Waals surface area contributed by atoms with Crippen molar-refractivity contribution in [3.8, 4) is 11.5 Å². The summed E-state index contributed by atoms with van der Waals surface area (Å²) in [4.78, 5) is 0. The van der Waals surface area contributed by atoms with Gasteiger partial charge in [-0.05, 0) is 77.6 Å². The summed E-state index contributed by atoms with van der Waals surface area (Å²) in [5, 5.41) is 1.92. The molecule has 0 atom stereocenters. The molecule has 0 saturated heterocycles. The summed E-state index contributed by atoms with van der Waals surface area (Å²) < 4.78 is 49.9. The molecule has 3 aromatic rings. The van der Waals surface area contributed by atoms with Crippen LogP contribution in [-0.2, 0) is 26.6 Å². The average molecular weight is 807 g/mol. The summed E-state index contributed by atoms with van der Waals surface area (Å²) in [6.07, 6.45) is 17.5. The Morgan fingerprint density at radius 2 is 0.714 bits per heavy atom. The molecule has 0 amide bonds. The van der Waals surface area contributed by atoms with Crippen LogP contribution in [-0.4, -0.2) is 70.5 Å². The highest BCUT2D eigenvalue weighted by Crippen LogP contribution is 2.33. The van der Waals surface area contributed by atoms with E-state index in [1.54, 1.807) is 0 Å². The van der Waals surface area contributed by atoms with E-state index in [0.29, 0.717) is 52.9 Å². The largest absolute Gasteiger partial charge is 0.537 e. The van der Waals surface area contributed by atoms with E-state index in [0.717, 1.165) is 69.8 Å². The van der Waals surface area contributed by atoms with Crippen LogP contribution in [0, 0.1) is 0 Å². The molecular formula is C46H70O8Si2. The van der Waals surface area contributed by atoms with Gasteiger partial charge in [0.05, 0.1) is 13.2 Å². The van der Waals surface area contributed by atoms with Crippen molar-refractivity contribution >= 4 is 52.3 Å². The second kappa shape index (κ2) is 26.8. The fourth-order valence-corrected chi connectivity index (χ4v) is 11.3. The summed E-state index contributed by atoms with van der Waals surface area (Å²) in [7, 11) is -5.97. The van der Waals surface area contributed by atoms with Crippen molar-refractivity contribution in [2.75, 3.05) is 52.9 Å². The van der Waals surface area contributed by atoms with Crippen LogP contribution in [0.5, 0.6) is 11.5 Å². The lowest BCUT2D eigenvalue weighted by Gasteiger charge is -2.28. The Hall–Kier alpha value is -3.07. The molecule has 0 aliphatic heterocycles. The maximum absolute atomic E-state index is 6.52. The van der Waals surface area contributed by atoms with Crippen molar-refractivity contribution in [1.29, 1.82) is 0 Å². The number of unbranched alkanes of at least 4 members (excludes halogenated alkanes) is 6. The lowest BCUT2D eigenvalue weighted by molar-refractivity contribution is 0.0851. The SMILES string of the molecule is CCCCCCOc1cc(C=Cc2ccc([Si](OCC)(OCC)OCC)cc2)c(OCCCCCC)cc1C=Cc1ccc([Si](OCC)(OCC)OCC)cc1. The Bertz CT molecular complexity index is 1410. The van der Waals surface area contributed by atoms with Gasteiger partial charge in [0.15, 0.2) is 0 Å². The third-order valence-electron chi connectivity index (χ3n) is 9.10. The third-order valence-corrected chi connectivity index (χ3v) is 15.2. The Balaban J connectivity index is 2.01. The molecular weight excluding hydrogens is 737 g/mol. The van der Waals surface area contributed by atoms with Crippen LogP contribution in [0.3, 0.4) is 0 Å². The second-order valence-corrected chi connectivity index (χ2v) is 18.5. The molecule has 0 bridgehead atoms. The second-order valence-electron chi connectivity index (χ2n) is 13.4. The van der Waals surface area contributed by atoms with Crippen LogP contribution in [0.1, 0.15) is 129 Å². The van der Waals surface area contributed by atoms with Gasteiger partial charge in [0, 0.05) is 61.1 Å². The van der Waals surface area contributed by atoms with Gasteiger partial charge in [0.25, 0.3) is 0 Å². The van der Waals surface area contributed by atoms with Crippen molar-refractivity contribution in [2.45, 2.75) is 107 Å². The minimum Gasteiger partial charge on any atom is -0.493 e. The summed E-state index contributed by atoms with van der Waals surface area (Å²) >= 11 is 0. The van der Waals surface area contributed by atoms with Crippen LogP contribution < -0.4 is 19.8 Å². The molecule has 0 aliphatic rings. The molecule has 0 fully saturated rings. The smallest absolute Gasteiger partial charge is 0.493 e. The van der Waals surface area contributed by atoms with Crippen LogP contribution in [0.4, 0.5) is 0 Å². The van der Waals surface area contributed by atoms with E-state index >= 15 is 0 Å². The molecule has 0 unspecified atom stereocenters. The molecule has 0 heterocycles. The van der Waals surface area contributed by atoms with Crippen molar-refractivity contribution < 1.29 is 36.0 Å². The van der Waals surface area contributed by atoms with Crippen LogP contribution in [0.25, 0.3) is 24.3 Å². The van der Waals surface area contributed by atoms with Crippen molar-refractivity contribution in [3.05, 3.63) is 82.9 Å². The molecule has 0 saturated carbocycles. The zero-order valence-electron chi connectivity index (χ0n) is 35.7. The quantitative estimate of drug-likeness (QED) is 0.0375. The lowest BCUT2D eigenvalue weighted by Crippen LogP contribution is -2.56. The van der Waals surface area contributed by atoms with Crippen LogP contribution >= 0.6 is 0 Å². The molecule has 310 valence electrons. The molecule has 3 aromatic carbocycles. The highest BCUT2D eigenvalue weighted by molar-refractivity contribution is 6.75. The molecule has 0 aromatic heterocycles. The van der Waals surface area contributed by atoms with Gasteiger partial charge in [-0.1, -0.05) is 125 Å². The fourth-order valence-electron chi connectivity index (χ4n) is 6.38. The highest BCUT2D eigenvalue weighted by atomic mass is 28.4. The maximum atomic E-state index is 6.52. The van der Waals surface area contributed by atoms with Gasteiger partial charge in [-0.25, -0.2) is 0 Å². The molecule has 0 N–H and O–H groups in total. The fraction of sp³-hybridized carbons (Fsp3) is 0.522. The summed E-state index contributed by atoms with van der Waals surface area (Å²) in [6, 6.07) is 20.9. The monoisotopic (exact) mass is 806 g/mol. The van der Waals surface area contributed by atoms with Crippen molar-refractivity contribution in [1.82, 2.24) is 0 Å². The van der Waals surface area contributed by atoms with Gasteiger partial charge in [-0.2, -0.15) is 0 Å². The Kier molecular flexibility index (Phi) is 22.6. The summed E-state index contributed by atoms with van der Waals surface area (Å²) in [5.74, 6) is 1.66. The number of ether oxygens (including phenoxy) is 2. The van der Waals surface area contributed by atoms with E-state index in [9.17, 15) is 0 Å². The normalized spacial score (nSPS) is 12.3. The Morgan fingerprint density at radius 1 is 0.393 bits per heavy atom. The van der Waals surface area contributed by atoms with E-state index in [-0.39, 0.29) is 0 Å². The third kappa shape index (κ3) is 14.7. The van der Waals surface area contributed by atoms with E-state index in [4.69, 9.17) is 36.0 Å². The van der Waals surface area contributed by atoms with Crippen molar-refractivity contribution in [2.24, 2.45) is 0 Å². The average Bonchev–Trinajstić information content (AvgIpc) is 3.20. The molecule has 0 radical (unpaired) electrons.